The molecule has 0 bridgehead atoms. The van der Waals surface area contributed by atoms with Gasteiger partial charge in [-0.05, 0) is 55.0 Å². The van der Waals surface area contributed by atoms with Crippen LogP contribution in [0.15, 0.2) is 18.2 Å². The average molecular weight is 189 g/mol. The number of fused-ring (bicyclic) bond motifs is 3. The first-order valence-corrected chi connectivity index (χ1v) is 5.40. The van der Waals surface area contributed by atoms with Crippen LogP contribution in [-0.4, -0.2) is 17.7 Å². The molecule has 74 valence electrons. The lowest BCUT2D eigenvalue weighted by atomic mass is 9.90. The fourth-order valence-electron chi connectivity index (χ4n) is 2.91. The highest BCUT2D eigenvalue weighted by Crippen LogP contribution is 2.39. The summed E-state index contributed by atoms with van der Waals surface area (Å²) >= 11 is 0. The molecule has 2 N–H and O–H groups in total. The standard InChI is InChI=1S/C12H15NO/c14-9-3-4-10-8(6-9)7-12-11(10)2-1-5-13-12/h3-4,6,11-14H,1-2,5,7H2/t11?,12-/m0/s1. The van der Waals surface area contributed by atoms with Crippen LogP contribution >= 0.6 is 0 Å². The van der Waals surface area contributed by atoms with Crippen LogP contribution in [0.25, 0.3) is 0 Å². The SMILES string of the molecule is Oc1ccc2c(c1)C[C@@H]1NCCCC21. The molecule has 2 heteroatoms. The van der Waals surface area contributed by atoms with E-state index in [1.54, 1.807) is 0 Å². The molecule has 2 aliphatic rings. The van der Waals surface area contributed by atoms with E-state index in [9.17, 15) is 5.11 Å². The lowest BCUT2D eigenvalue weighted by Crippen LogP contribution is -2.37. The van der Waals surface area contributed by atoms with Crippen molar-refractivity contribution in [2.45, 2.75) is 31.2 Å². The Balaban J connectivity index is 2.01. The molecule has 0 spiro atoms. The van der Waals surface area contributed by atoms with Gasteiger partial charge in [0.1, 0.15) is 5.75 Å². The van der Waals surface area contributed by atoms with E-state index in [2.05, 4.69) is 11.4 Å². The van der Waals surface area contributed by atoms with E-state index < -0.39 is 0 Å². The first-order chi connectivity index (χ1) is 6.84. The smallest absolute Gasteiger partial charge is 0.115 e. The number of hydrogen-bond donors (Lipinski definition) is 2. The van der Waals surface area contributed by atoms with E-state index in [1.165, 1.54) is 24.0 Å². The van der Waals surface area contributed by atoms with Gasteiger partial charge in [-0.15, -0.1) is 0 Å². The van der Waals surface area contributed by atoms with Crippen molar-refractivity contribution >= 4 is 0 Å². The molecule has 2 atom stereocenters. The fraction of sp³-hybridized carbons (Fsp3) is 0.500. The van der Waals surface area contributed by atoms with E-state index in [0.717, 1.165) is 13.0 Å². The maximum absolute atomic E-state index is 9.41. The fourth-order valence-corrected chi connectivity index (χ4v) is 2.91. The van der Waals surface area contributed by atoms with Crippen molar-refractivity contribution in [1.82, 2.24) is 5.32 Å². The van der Waals surface area contributed by atoms with Crippen LogP contribution in [0, 0.1) is 0 Å². The highest BCUT2D eigenvalue weighted by atomic mass is 16.3. The van der Waals surface area contributed by atoms with Gasteiger partial charge in [0.15, 0.2) is 0 Å². The quantitative estimate of drug-likeness (QED) is 0.652. The molecule has 1 aromatic carbocycles. The molecule has 1 aliphatic heterocycles. The van der Waals surface area contributed by atoms with Crippen molar-refractivity contribution in [3.8, 4) is 5.75 Å². The summed E-state index contributed by atoms with van der Waals surface area (Å²) in [6, 6.07) is 6.47. The van der Waals surface area contributed by atoms with Crippen molar-refractivity contribution in [2.75, 3.05) is 6.54 Å². The molecule has 0 saturated carbocycles. The minimum absolute atomic E-state index is 0.405. The average Bonchev–Trinajstić information content (AvgIpc) is 2.54. The summed E-state index contributed by atoms with van der Waals surface area (Å²) in [6.07, 6.45) is 3.67. The van der Waals surface area contributed by atoms with Crippen LogP contribution in [0.2, 0.25) is 0 Å². The van der Waals surface area contributed by atoms with E-state index >= 15 is 0 Å². The van der Waals surface area contributed by atoms with Crippen molar-refractivity contribution in [2.24, 2.45) is 0 Å². The van der Waals surface area contributed by atoms with Crippen LogP contribution in [-0.2, 0) is 6.42 Å². The minimum atomic E-state index is 0.405. The van der Waals surface area contributed by atoms with Gasteiger partial charge in [-0.25, -0.2) is 0 Å². The third-order valence-electron chi connectivity index (χ3n) is 3.55. The molecule has 1 aromatic rings. The Kier molecular flexibility index (Phi) is 1.77. The van der Waals surface area contributed by atoms with Crippen molar-refractivity contribution in [1.29, 1.82) is 0 Å². The lowest BCUT2D eigenvalue weighted by molar-refractivity contribution is 0.372. The van der Waals surface area contributed by atoms with E-state index in [4.69, 9.17) is 0 Å². The topological polar surface area (TPSA) is 32.3 Å². The molecule has 2 nitrogen and oxygen atoms in total. The molecule has 3 rings (SSSR count). The second-order valence-electron chi connectivity index (χ2n) is 4.40. The molecule has 0 amide bonds. The van der Waals surface area contributed by atoms with Gasteiger partial charge in [-0.3, -0.25) is 0 Å². The Hall–Kier alpha value is -1.02. The zero-order chi connectivity index (χ0) is 9.54. The molecule has 1 heterocycles. The van der Waals surface area contributed by atoms with Gasteiger partial charge in [0.25, 0.3) is 0 Å². The second kappa shape index (κ2) is 2.99. The predicted molar refractivity (Wildman–Crippen MR) is 55.6 cm³/mol. The monoisotopic (exact) mass is 189 g/mol. The number of hydrogen-bond acceptors (Lipinski definition) is 2. The first-order valence-electron chi connectivity index (χ1n) is 5.40. The van der Waals surface area contributed by atoms with Crippen molar-refractivity contribution in [3.05, 3.63) is 29.3 Å². The Morgan fingerprint density at radius 1 is 1.36 bits per heavy atom. The third kappa shape index (κ3) is 1.14. The van der Waals surface area contributed by atoms with Gasteiger partial charge in [0.05, 0.1) is 0 Å². The number of phenols is 1. The molecule has 0 radical (unpaired) electrons. The number of rotatable bonds is 0. The number of nitrogens with one attached hydrogen (secondary N) is 1. The van der Waals surface area contributed by atoms with E-state index in [0.29, 0.717) is 17.7 Å². The van der Waals surface area contributed by atoms with Crippen LogP contribution in [0.3, 0.4) is 0 Å². The number of phenolic OH excluding ortho intramolecular Hbond substituents is 1. The first kappa shape index (κ1) is 8.30. The normalized spacial score (nSPS) is 29.7. The van der Waals surface area contributed by atoms with Crippen LogP contribution in [0.1, 0.15) is 29.9 Å². The van der Waals surface area contributed by atoms with Gasteiger partial charge in [-0.1, -0.05) is 6.07 Å². The van der Waals surface area contributed by atoms with E-state index in [1.807, 2.05) is 12.1 Å². The summed E-state index contributed by atoms with van der Waals surface area (Å²) in [6.45, 7) is 1.15. The Labute approximate surface area is 84.0 Å². The van der Waals surface area contributed by atoms with Gasteiger partial charge in [0.2, 0.25) is 0 Å². The zero-order valence-electron chi connectivity index (χ0n) is 8.16. The summed E-state index contributed by atoms with van der Waals surface area (Å²) in [5, 5.41) is 13.0. The number of benzene rings is 1. The molecule has 0 aromatic heterocycles. The molecular formula is C12H15NO. The maximum atomic E-state index is 9.41. The van der Waals surface area contributed by atoms with Gasteiger partial charge in [-0.2, -0.15) is 0 Å². The molecule has 1 fully saturated rings. The summed E-state index contributed by atoms with van der Waals surface area (Å²) in [4.78, 5) is 0. The Morgan fingerprint density at radius 3 is 3.21 bits per heavy atom. The highest BCUT2D eigenvalue weighted by Gasteiger charge is 2.33. The predicted octanol–water partition coefficient (Wildman–Crippen LogP) is 1.78. The number of piperidine rings is 1. The lowest BCUT2D eigenvalue weighted by Gasteiger charge is -2.26. The van der Waals surface area contributed by atoms with Gasteiger partial charge < -0.3 is 10.4 Å². The largest absolute Gasteiger partial charge is 0.508 e. The third-order valence-corrected chi connectivity index (χ3v) is 3.55. The van der Waals surface area contributed by atoms with Crippen LogP contribution in [0.5, 0.6) is 5.75 Å². The molecular weight excluding hydrogens is 174 g/mol. The van der Waals surface area contributed by atoms with Crippen LogP contribution in [0.4, 0.5) is 0 Å². The summed E-state index contributed by atoms with van der Waals surface area (Å²) < 4.78 is 0. The minimum Gasteiger partial charge on any atom is -0.508 e. The van der Waals surface area contributed by atoms with E-state index in [-0.39, 0.29) is 0 Å². The Bertz CT molecular complexity index is 361. The Morgan fingerprint density at radius 2 is 2.29 bits per heavy atom. The second-order valence-corrected chi connectivity index (χ2v) is 4.40. The zero-order valence-corrected chi connectivity index (χ0v) is 8.16. The molecule has 1 aliphatic carbocycles. The molecule has 1 saturated heterocycles. The number of aromatic hydroxyl groups is 1. The maximum Gasteiger partial charge on any atom is 0.115 e. The van der Waals surface area contributed by atoms with Crippen molar-refractivity contribution in [3.63, 3.8) is 0 Å². The van der Waals surface area contributed by atoms with Gasteiger partial charge >= 0.3 is 0 Å². The van der Waals surface area contributed by atoms with Crippen molar-refractivity contribution < 1.29 is 5.11 Å². The van der Waals surface area contributed by atoms with Crippen LogP contribution < -0.4 is 5.32 Å². The summed E-state index contributed by atoms with van der Waals surface area (Å²) in [5.41, 5.74) is 2.80. The highest BCUT2D eigenvalue weighted by molar-refractivity contribution is 5.42. The molecule has 14 heavy (non-hydrogen) atoms. The summed E-state index contributed by atoms with van der Waals surface area (Å²) in [7, 11) is 0. The summed E-state index contributed by atoms with van der Waals surface area (Å²) in [5.74, 6) is 1.10. The molecule has 1 unspecified atom stereocenters. The van der Waals surface area contributed by atoms with Gasteiger partial charge in [0, 0.05) is 6.04 Å².